The van der Waals surface area contributed by atoms with E-state index in [0.717, 1.165) is 17.9 Å². The zero-order valence-corrected chi connectivity index (χ0v) is 9.25. The van der Waals surface area contributed by atoms with E-state index in [1.54, 1.807) is 0 Å². The van der Waals surface area contributed by atoms with E-state index in [1.165, 1.54) is 18.7 Å². The zero-order chi connectivity index (χ0) is 10.3. The molecule has 0 amide bonds. The van der Waals surface area contributed by atoms with Gasteiger partial charge in [-0.15, -0.1) is 0 Å². The van der Waals surface area contributed by atoms with Gasteiger partial charge in [0, 0.05) is 12.5 Å². The first-order chi connectivity index (χ1) is 6.61. The summed E-state index contributed by atoms with van der Waals surface area (Å²) in [6, 6.07) is 0.527. The summed E-state index contributed by atoms with van der Waals surface area (Å²) in [5.74, 6) is 2.51. The summed E-state index contributed by atoms with van der Waals surface area (Å²) in [6.07, 6.45) is 3.56. The first-order valence-electron chi connectivity index (χ1n) is 5.47. The minimum atomic E-state index is 0.431. The maximum absolute atomic E-state index is 6.12. The molecule has 1 aliphatic rings. The molecule has 1 aromatic rings. The van der Waals surface area contributed by atoms with Crippen molar-refractivity contribution in [1.82, 2.24) is 9.55 Å². The predicted molar refractivity (Wildman–Crippen MR) is 58.4 cm³/mol. The van der Waals surface area contributed by atoms with Gasteiger partial charge in [0.05, 0.1) is 5.69 Å². The molecular weight excluding hydrogens is 174 g/mol. The number of rotatable bonds is 1. The highest BCUT2D eigenvalue weighted by atomic mass is 15.2. The molecular formula is C11H19N3. The number of hydrogen-bond donors (Lipinski definition) is 1. The van der Waals surface area contributed by atoms with Gasteiger partial charge in [0.1, 0.15) is 11.6 Å². The van der Waals surface area contributed by atoms with E-state index < -0.39 is 0 Å². The highest BCUT2D eigenvalue weighted by Crippen LogP contribution is 2.31. The Hall–Kier alpha value is -0.990. The van der Waals surface area contributed by atoms with Crippen molar-refractivity contribution in [3.05, 3.63) is 11.5 Å². The smallest absolute Gasteiger partial charge is 0.127 e. The molecule has 1 aliphatic heterocycles. The van der Waals surface area contributed by atoms with Crippen LogP contribution in [0.15, 0.2) is 0 Å². The van der Waals surface area contributed by atoms with Crippen molar-refractivity contribution < 1.29 is 0 Å². The second kappa shape index (κ2) is 3.30. The van der Waals surface area contributed by atoms with Crippen LogP contribution in [0.1, 0.15) is 57.1 Å². The minimum absolute atomic E-state index is 0.431. The average molecular weight is 193 g/mol. The van der Waals surface area contributed by atoms with Crippen molar-refractivity contribution in [3.63, 3.8) is 0 Å². The molecule has 3 nitrogen and oxygen atoms in total. The summed E-state index contributed by atoms with van der Waals surface area (Å²) in [6.45, 7) is 6.52. The van der Waals surface area contributed by atoms with Crippen molar-refractivity contribution in [3.8, 4) is 0 Å². The van der Waals surface area contributed by atoms with E-state index in [0.29, 0.717) is 12.0 Å². The maximum Gasteiger partial charge on any atom is 0.127 e. The summed E-state index contributed by atoms with van der Waals surface area (Å²) in [7, 11) is 0. The molecule has 0 saturated carbocycles. The van der Waals surface area contributed by atoms with Crippen molar-refractivity contribution in [2.75, 3.05) is 5.73 Å². The van der Waals surface area contributed by atoms with E-state index in [-0.39, 0.29) is 0 Å². The van der Waals surface area contributed by atoms with Gasteiger partial charge in [-0.05, 0) is 25.7 Å². The fraction of sp³-hybridized carbons (Fsp3) is 0.727. The number of nitrogens with zero attached hydrogens (tertiary/aromatic N) is 2. The molecule has 3 heteroatoms. The molecule has 0 fully saturated rings. The van der Waals surface area contributed by atoms with Gasteiger partial charge in [0.25, 0.3) is 0 Å². The number of aromatic nitrogens is 2. The van der Waals surface area contributed by atoms with E-state index in [2.05, 4.69) is 30.3 Å². The molecule has 2 heterocycles. The van der Waals surface area contributed by atoms with Crippen molar-refractivity contribution in [2.24, 2.45) is 0 Å². The van der Waals surface area contributed by atoms with Gasteiger partial charge in [0.15, 0.2) is 0 Å². The Morgan fingerprint density at radius 2 is 2.21 bits per heavy atom. The third-order valence-corrected chi connectivity index (χ3v) is 3.06. The molecule has 0 aliphatic carbocycles. The normalized spacial score (nSPS) is 21.3. The highest BCUT2D eigenvalue weighted by Gasteiger charge is 2.23. The molecule has 0 aromatic carbocycles. The maximum atomic E-state index is 6.12. The number of fused-ring (bicyclic) bond motifs is 1. The summed E-state index contributed by atoms with van der Waals surface area (Å²) in [5.41, 5.74) is 7.19. The van der Waals surface area contributed by atoms with Gasteiger partial charge in [-0.2, -0.15) is 0 Å². The van der Waals surface area contributed by atoms with Crippen LogP contribution in [0.4, 0.5) is 5.82 Å². The molecule has 1 aromatic heterocycles. The topological polar surface area (TPSA) is 43.8 Å². The van der Waals surface area contributed by atoms with Crippen molar-refractivity contribution in [1.29, 1.82) is 0 Å². The van der Waals surface area contributed by atoms with Gasteiger partial charge in [-0.25, -0.2) is 4.98 Å². The van der Waals surface area contributed by atoms with Gasteiger partial charge in [0.2, 0.25) is 0 Å². The van der Waals surface area contributed by atoms with E-state index >= 15 is 0 Å². The van der Waals surface area contributed by atoms with E-state index in [1.807, 2.05) is 0 Å². The summed E-state index contributed by atoms with van der Waals surface area (Å²) >= 11 is 0. The SMILES string of the molecule is CC(C)c1nc2n(c1N)C(C)CCC2. The Balaban J connectivity index is 2.49. The second-order valence-corrected chi connectivity index (χ2v) is 4.56. The number of hydrogen-bond acceptors (Lipinski definition) is 2. The third-order valence-electron chi connectivity index (χ3n) is 3.06. The first kappa shape index (κ1) is 9.56. The van der Waals surface area contributed by atoms with Gasteiger partial charge < -0.3 is 10.3 Å². The van der Waals surface area contributed by atoms with Crippen LogP contribution in [0.25, 0.3) is 0 Å². The number of anilines is 1. The lowest BCUT2D eigenvalue weighted by molar-refractivity contribution is 0.430. The summed E-state index contributed by atoms with van der Waals surface area (Å²) in [4.78, 5) is 4.64. The van der Waals surface area contributed by atoms with Crippen LogP contribution in [0.3, 0.4) is 0 Å². The standard InChI is InChI=1S/C11H19N3/c1-7(2)10-11(12)14-8(3)5-4-6-9(14)13-10/h7-8H,4-6,12H2,1-3H3. The van der Waals surface area contributed by atoms with Gasteiger partial charge in [-0.3, -0.25) is 0 Å². The summed E-state index contributed by atoms with van der Waals surface area (Å²) in [5, 5.41) is 0. The van der Waals surface area contributed by atoms with Crippen LogP contribution in [0.5, 0.6) is 0 Å². The average Bonchev–Trinajstić information content (AvgIpc) is 2.45. The fourth-order valence-electron chi connectivity index (χ4n) is 2.29. The Bertz CT molecular complexity index is 339. The van der Waals surface area contributed by atoms with Gasteiger partial charge >= 0.3 is 0 Å². The third kappa shape index (κ3) is 1.31. The minimum Gasteiger partial charge on any atom is -0.384 e. The van der Waals surface area contributed by atoms with Gasteiger partial charge in [-0.1, -0.05) is 13.8 Å². The molecule has 78 valence electrons. The monoisotopic (exact) mass is 193 g/mol. The van der Waals surface area contributed by atoms with Crippen LogP contribution in [-0.2, 0) is 6.42 Å². The lowest BCUT2D eigenvalue weighted by atomic mass is 10.1. The molecule has 2 N–H and O–H groups in total. The Labute approximate surface area is 85.3 Å². The zero-order valence-electron chi connectivity index (χ0n) is 9.25. The Kier molecular flexibility index (Phi) is 2.25. The molecule has 1 unspecified atom stereocenters. The number of aryl methyl sites for hydroxylation is 1. The molecule has 0 radical (unpaired) electrons. The van der Waals surface area contributed by atoms with E-state index in [4.69, 9.17) is 5.73 Å². The molecule has 2 rings (SSSR count). The van der Waals surface area contributed by atoms with Crippen LogP contribution >= 0.6 is 0 Å². The van der Waals surface area contributed by atoms with Crippen LogP contribution in [0.2, 0.25) is 0 Å². The molecule has 0 saturated heterocycles. The lowest BCUT2D eigenvalue weighted by Gasteiger charge is -2.22. The fourth-order valence-corrected chi connectivity index (χ4v) is 2.29. The predicted octanol–water partition coefficient (Wildman–Crippen LogP) is 2.49. The lowest BCUT2D eigenvalue weighted by Crippen LogP contribution is -2.17. The van der Waals surface area contributed by atoms with Crippen LogP contribution < -0.4 is 5.73 Å². The Morgan fingerprint density at radius 1 is 1.50 bits per heavy atom. The van der Waals surface area contributed by atoms with Crippen LogP contribution in [0, 0.1) is 0 Å². The van der Waals surface area contributed by atoms with Crippen molar-refractivity contribution >= 4 is 5.82 Å². The molecule has 14 heavy (non-hydrogen) atoms. The molecule has 0 spiro atoms. The highest BCUT2D eigenvalue weighted by molar-refractivity contribution is 5.41. The quantitative estimate of drug-likeness (QED) is 0.744. The number of nitrogen functional groups attached to an aromatic ring is 1. The number of nitrogens with two attached hydrogens (primary N) is 1. The second-order valence-electron chi connectivity index (χ2n) is 4.56. The Morgan fingerprint density at radius 3 is 2.79 bits per heavy atom. The molecule has 0 bridgehead atoms. The molecule has 1 atom stereocenters. The number of imidazole rings is 1. The first-order valence-corrected chi connectivity index (χ1v) is 5.47. The summed E-state index contributed by atoms with van der Waals surface area (Å²) < 4.78 is 2.22. The van der Waals surface area contributed by atoms with Crippen LogP contribution in [-0.4, -0.2) is 9.55 Å². The largest absolute Gasteiger partial charge is 0.384 e. The van der Waals surface area contributed by atoms with Crippen molar-refractivity contribution in [2.45, 2.75) is 52.0 Å². The van der Waals surface area contributed by atoms with E-state index in [9.17, 15) is 0 Å².